The van der Waals surface area contributed by atoms with Gasteiger partial charge >= 0.3 is 0 Å². The van der Waals surface area contributed by atoms with Gasteiger partial charge in [-0.15, -0.1) is 0 Å². The lowest BCUT2D eigenvalue weighted by atomic mass is 9.94. The smallest absolute Gasteiger partial charge is 0.254 e. The van der Waals surface area contributed by atoms with E-state index < -0.39 is 0 Å². The summed E-state index contributed by atoms with van der Waals surface area (Å²) in [6.45, 7) is 8.11. The van der Waals surface area contributed by atoms with Crippen LogP contribution in [0, 0.1) is 6.92 Å². The number of benzene rings is 1. The van der Waals surface area contributed by atoms with Crippen molar-refractivity contribution in [1.82, 2.24) is 5.32 Å². The number of hydrogen-bond donors (Lipinski definition) is 2. The van der Waals surface area contributed by atoms with Crippen LogP contribution < -0.4 is 11.1 Å². The Morgan fingerprint density at radius 1 is 1.35 bits per heavy atom. The predicted octanol–water partition coefficient (Wildman–Crippen LogP) is 2.89. The minimum absolute atomic E-state index is 0.0770. The number of aryl methyl sites for hydroxylation is 1. The Morgan fingerprint density at radius 2 is 1.94 bits per heavy atom. The molecule has 0 aliphatic heterocycles. The third-order valence-electron chi connectivity index (χ3n) is 3.51. The molecule has 94 valence electrons. The topological polar surface area (TPSA) is 55.1 Å². The standard InChI is InChI=1S/C14H22N2O/c1-5-14(4,6-2)16-13(17)12-10(3)8-7-9-11(12)15/h7-9H,5-6,15H2,1-4H3,(H,16,17). The Bertz CT molecular complexity index is 388. The Labute approximate surface area is 103 Å². The normalized spacial score (nSPS) is 11.3. The molecule has 3 nitrogen and oxygen atoms in total. The van der Waals surface area contributed by atoms with E-state index in [4.69, 9.17) is 5.73 Å². The van der Waals surface area contributed by atoms with E-state index in [9.17, 15) is 4.79 Å². The third kappa shape index (κ3) is 2.99. The first-order chi connectivity index (χ1) is 7.93. The second-order valence-corrected chi connectivity index (χ2v) is 4.76. The molecule has 0 radical (unpaired) electrons. The van der Waals surface area contributed by atoms with Crippen molar-refractivity contribution in [3.8, 4) is 0 Å². The van der Waals surface area contributed by atoms with Crippen molar-refractivity contribution in [3.05, 3.63) is 29.3 Å². The first kappa shape index (κ1) is 13.6. The van der Waals surface area contributed by atoms with E-state index >= 15 is 0 Å². The van der Waals surface area contributed by atoms with Gasteiger partial charge in [-0.25, -0.2) is 0 Å². The summed E-state index contributed by atoms with van der Waals surface area (Å²) in [5.41, 5.74) is 7.75. The van der Waals surface area contributed by atoms with Crippen LogP contribution in [0.1, 0.15) is 49.5 Å². The second-order valence-electron chi connectivity index (χ2n) is 4.76. The van der Waals surface area contributed by atoms with Gasteiger partial charge < -0.3 is 11.1 Å². The van der Waals surface area contributed by atoms with Crippen LogP contribution in [0.4, 0.5) is 5.69 Å². The number of anilines is 1. The number of amides is 1. The molecule has 1 aromatic carbocycles. The highest BCUT2D eigenvalue weighted by Gasteiger charge is 2.24. The van der Waals surface area contributed by atoms with Gasteiger partial charge in [0, 0.05) is 11.2 Å². The van der Waals surface area contributed by atoms with E-state index in [1.54, 1.807) is 6.07 Å². The van der Waals surface area contributed by atoms with Gasteiger partial charge in [0.05, 0.1) is 5.56 Å². The zero-order valence-corrected chi connectivity index (χ0v) is 11.1. The van der Waals surface area contributed by atoms with Crippen molar-refractivity contribution in [2.45, 2.75) is 46.1 Å². The van der Waals surface area contributed by atoms with Gasteiger partial charge in [-0.05, 0) is 38.3 Å². The second kappa shape index (κ2) is 5.21. The number of rotatable bonds is 4. The molecule has 17 heavy (non-hydrogen) atoms. The fraction of sp³-hybridized carbons (Fsp3) is 0.500. The summed E-state index contributed by atoms with van der Waals surface area (Å²) < 4.78 is 0. The van der Waals surface area contributed by atoms with Crippen molar-refractivity contribution < 1.29 is 4.79 Å². The Balaban J connectivity index is 2.98. The molecular formula is C14H22N2O. The fourth-order valence-electron chi connectivity index (χ4n) is 1.76. The SMILES string of the molecule is CCC(C)(CC)NC(=O)c1c(C)cccc1N. The molecule has 1 aromatic rings. The number of carbonyl (C=O) groups is 1. The van der Waals surface area contributed by atoms with Crippen molar-refractivity contribution >= 4 is 11.6 Å². The van der Waals surface area contributed by atoms with E-state index in [0.29, 0.717) is 11.3 Å². The molecule has 0 spiro atoms. The summed E-state index contributed by atoms with van der Waals surface area (Å²) in [6, 6.07) is 5.53. The lowest BCUT2D eigenvalue weighted by Gasteiger charge is -2.28. The quantitative estimate of drug-likeness (QED) is 0.787. The first-order valence-corrected chi connectivity index (χ1v) is 6.11. The van der Waals surface area contributed by atoms with Crippen LogP contribution in [-0.2, 0) is 0 Å². The van der Waals surface area contributed by atoms with Crippen LogP contribution in [0.3, 0.4) is 0 Å². The van der Waals surface area contributed by atoms with E-state index in [1.807, 2.05) is 19.1 Å². The maximum absolute atomic E-state index is 12.2. The summed E-state index contributed by atoms with van der Waals surface area (Å²) in [5.74, 6) is -0.0770. The molecule has 0 aliphatic carbocycles. The lowest BCUT2D eigenvalue weighted by molar-refractivity contribution is 0.0901. The Kier molecular flexibility index (Phi) is 4.16. The molecule has 3 N–H and O–H groups in total. The van der Waals surface area contributed by atoms with E-state index in [-0.39, 0.29) is 11.4 Å². The van der Waals surface area contributed by atoms with Crippen LogP contribution >= 0.6 is 0 Å². The molecule has 0 aliphatic rings. The lowest BCUT2D eigenvalue weighted by Crippen LogP contribution is -2.45. The van der Waals surface area contributed by atoms with Crippen LogP contribution in [0.15, 0.2) is 18.2 Å². The van der Waals surface area contributed by atoms with Gasteiger partial charge in [0.25, 0.3) is 5.91 Å². The minimum Gasteiger partial charge on any atom is -0.398 e. The highest BCUT2D eigenvalue weighted by atomic mass is 16.1. The number of nitrogen functional groups attached to an aromatic ring is 1. The van der Waals surface area contributed by atoms with Gasteiger partial charge in [0.2, 0.25) is 0 Å². The number of nitrogens with one attached hydrogen (secondary N) is 1. The monoisotopic (exact) mass is 234 g/mol. The maximum atomic E-state index is 12.2. The van der Waals surface area contributed by atoms with Gasteiger partial charge in [-0.1, -0.05) is 26.0 Å². The van der Waals surface area contributed by atoms with Crippen molar-refractivity contribution in [2.24, 2.45) is 0 Å². The van der Waals surface area contributed by atoms with E-state index in [1.165, 1.54) is 0 Å². The maximum Gasteiger partial charge on any atom is 0.254 e. The predicted molar refractivity (Wildman–Crippen MR) is 72.0 cm³/mol. The number of carbonyl (C=O) groups excluding carboxylic acids is 1. The van der Waals surface area contributed by atoms with Crippen LogP contribution in [0.25, 0.3) is 0 Å². The molecule has 0 saturated heterocycles. The zero-order valence-electron chi connectivity index (χ0n) is 11.1. The van der Waals surface area contributed by atoms with Crippen molar-refractivity contribution in [3.63, 3.8) is 0 Å². The van der Waals surface area contributed by atoms with Crippen LogP contribution in [0.5, 0.6) is 0 Å². The summed E-state index contributed by atoms with van der Waals surface area (Å²) in [4.78, 5) is 12.2. The first-order valence-electron chi connectivity index (χ1n) is 6.11. The molecule has 3 heteroatoms. The van der Waals surface area contributed by atoms with Gasteiger partial charge in [0.15, 0.2) is 0 Å². The molecular weight excluding hydrogens is 212 g/mol. The van der Waals surface area contributed by atoms with Crippen molar-refractivity contribution in [1.29, 1.82) is 0 Å². The van der Waals surface area contributed by atoms with Gasteiger partial charge in [-0.3, -0.25) is 4.79 Å². The molecule has 0 aromatic heterocycles. The summed E-state index contributed by atoms with van der Waals surface area (Å²) in [5, 5.41) is 3.07. The van der Waals surface area contributed by atoms with Gasteiger partial charge in [-0.2, -0.15) is 0 Å². The minimum atomic E-state index is -0.161. The molecule has 1 rings (SSSR count). The van der Waals surface area contributed by atoms with Crippen LogP contribution in [-0.4, -0.2) is 11.4 Å². The Hall–Kier alpha value is -1.51. The third-order valence-corrected chi connectivity index (χ3v) is 3.51. The summed E-state index contributed by atoms with van der Waals surface area (Å²) in [6.07, 6.45) is 1.81. The number of nitrogens with two attached hydrogens (primary N) is 1. The zero-order chi connectivity index (χ0) is 13.1. The molecule has 0 heterocycles. The number of hydrogen-bond acceptors (Lipinski definition) is 2. The molecule has 0 fully saturated rings. The molecule has 0 saturated carbocycles. The van der Waals surface area contributed by atoms with E-state index in [0.717, 1.165) is 18.4 Å². The summed E-state index contributed by atoms with van der Waals surface area (Å²) in [7, 11) is 0. The van der Waals surface area contributed by atoms with Gasteiger partial charge in [0.1, 0.15) is 0 Å². The largest absolute Gasteiger partial charge is 0.398 e. The van der Waals surface area contributed by atoms with Crippen molar-refractivity contribution in [2.75, 3.05) is 5.73 Å². The summed E-state index contributed by atoms with van der Waals surface area (Å²) >= 11 is 0. The molecule has 1 amide bonds. The van der Waals surface area contributed by atoms with Crippen LogP contribution in [0.2, 0.25) is 0 Å². The Morgan fingerprint density at radius 3 is 2.41 bits per heavy atom. The molecule has 0 bridgehead atoms. The average molecular weight is 234 g/mol. The average Bonchev–Trinajstić information content (AvgIpc) is 2.28. The highest BCUT2D eigenvalue weighted by molar-refractivity contribution is 6.00. The highest BCUT2D eigenvalue weighted by Crippen LogP contribution is 2.19. The fourth-order valence-corrected chi connectivity index (χ4v) is 1.76. The molecule has 0 atom stereocenters. The molecule has 0 unspecified atom stereocenters. The van der Waals surface area contributed by atoms with E-state index in [2.05, 4.69) is 26.1 Å².